The van der Waals surface area contributed by atoms with E-state index >= 15 is 0 Å². The number of aryl methyl sites for hydroxylation is 2. The first-order chi connectivity index (χ1) is 14.1. The second-order valence-corrected chi connectivity index (χ2v) is 9.58. The predicted molar refractivity (Wildman–Crippen MR) is 121 cm³/mol. The van der Waals surface area contributed by atoms with Crippen molar-refractivity contribution in [1.82, 2.24) is 0 Å². The molecule has 0 radical (unpaired) electrons. The van der Waals surface area contributed by atoms with Crippen molar-refractivity contribution >= 4 is 40.0 Å². The van der Waals surface area contributed by atoms with Crippen LogP contribution < -0.4 is 5.32 Å². The normalized spacial score (nSPS) is 13.9. The SMILES string of the molecule is CCOC(=O)c1c(NC(=O)CCSc2ccc(C)cc2)sc2c1CCCCCC2. The van der Waals surface area contributed by atoms with Crippen LogP contribution in [-0.2, 0) is 22.4 Å². The molecule has 0 unspecified atom stereocenters. The van der Waals surface area contributed by atoms with Gasteiger partial charge in [-0.25, -0.2) is 4.79 Å². The van der Waals surface area contributed by atoms with Crippen molar-refractivity contribution in [3.8, 4) is 0 Å². The van der Waals surface area contributed by atoms with Crippen molar-refractivity contribution in [2.45, 2.75) is 63.7 Å². The molecule has 4 nitrogen and oxygen atoms in total. The van der Waals surface area contributed by atoms with E-state index in [9.17, 15) is 9.59 Å². The van der Waals surface area contributed by atoms with Gasteiger partial charge in [0.05, 0.1) is 12.2 Å². The van der Waals surface area contributed by atoms with E-state index in [1.54, 1.807) is 23.1 Å². The number of hydrogen-bond donors (Lipinski definition) is 1. The van der Waals surface area contributed by atoms with Gasteiger partial charge in [-0.3, -0.25) is 4.79 Å². The summed E-state index contributed by atoms with van der Waals surface area (Å²) in [7, 11) is 0. The average molecular weight is 432 g/mol. The number of fused-ring (bicyclic) bond motifs is 1. The first-order valence-electron chi connectivity index (χ1n) is 10.4. The summed E-state index contributed by atoms with van der Waals surface area (Å²) in [6, 6.07) is 8.32. The van der Waals surface area contributed by atoms with Crippen LogP contribution in [0.2, 0.25) is 0 Å². The molecule has 0 aliphatic heterocycles. The Balaban J connectivity index is 1.67. The van der Waals surface area contributed by atoms with E-state index in [1.165, 1.54) is 23.3 Å². The number of ether oxygens (including phenoxy) is 1. The number of anilines is 1. The Morgan fingerprint density at radius 1 is 1.10 bits per heavy atom. The van der Waals surface area contributed by atoms with Crippen molar-refractivity contribution in [3.05, 3.63) is 45.8 Å². The van der Waals surface area contributed by atoms with Crippen LogP contribution >= 0.6 is 23.1 Å². The summed E-state index contributed by atoms with van der Waals surface area (Å²) >= 11 is 3.23. The van der Waals surface area contributed by atoms with Crippen molar-refractivity contribution in [2.75, 3.05) is 17.7 Å². The monoisotopic (exact) mass is 431 g/mol. The standard InChI is InChI=1S/C23H29NO3S2/c1-3-27-23(26)21-18-8-6-4-5-7-9-19(18)29-22(21)24-20(25)14-15-28-17-12-10-16(2)11-13-17/h10-13H,3-9,14-15H2,1-2H3,(H,24,25). The fourth-order valence-corrected chi connectivity index (χ4v) is 5.66. The van der Waals surface area contributed by atoms with E-state index in [4.69, 9.17) is 4.74 Å². The van der Waals surface area contributed by atoms with E-state index in [0.29, 0.717) is 29.3 Å². The number of amides is 1. The Hall–Kier alpha value is -1.79. The molecule has 0 atom stereocenters. The molecule has 29 heavy (non-hydrogen) atoms. The molecular formula is C23H29NO3S2. The fourth-order valence-electron chi connectivity index (χ4n) is 3.51. The molecule has 1 aromatic carbocycles. The molecule has 0 spiro atoms. The molecule has 0 fully saturated rings. The van der Waals surface area contributed by atoms with E-state index in [1.807, 2.05) is 6.92 Å². The van der Waals surface area contributed by atoms with E-state index in [0.717, 1.165) is 36.1 Å². The summed E-state index contributed by atoms with van der Waals surface area (Å²) in [5.74, 6) is 0.341. The summed E-state index contributed by atoms with van der Waals surface area (Å²) < 4.78 is 5.31. The molecule has 156 valence electrons. The van der Waals surface area contributed by atoms with Gasteiger partial charge in [0, 0.05) is 21.9 Å². The van der Waals surface area contributed by atoms with Crippen LogP contribution in [0.5, 0.6) is 0 Å². The van der Waals surface area contributed by atoms with Crippen LogP contribution in [0.25, 0.3) is 0 Å². The first-order valence-corrected chi connectivity index (χ1v) is 12.2. The highest BCUT2D eigenvalue weighted by atomic mass is 32.2. The maximum Gasteiger partial charge on any atom is 0.341 e. The Kier molecular flexibility index (Phi) is 8.19. The summed E-state index contributed by atoms with van der Waals surface area (Å²) in [5.41, 5.74) is 2.91. The summed E-state index contributed by atoms with van der Waals surface area (Å²) in [6.45, 7) is 4.21. The summed E-state index contributed by atoms with van der Waals surface area (Å²) in [5, 5.41) is 3.68. The summed E-state index contributed by atoms with van der Waals surface area (Å²) in [6.07, 6.45) is 6.90. The molecule has 1 N–H and O–H groups in total. The lowest BCUT2D eigenvalue weighted by Gasteiger charge is -2.11. The van der Waals surface area contributed by atoms with Crippen molar-refractivity contribution in [1.29, 1.82) is 0 Å². The van der Waals surface area contributed by atoms with Crippen LogP contribution in [0.1, 0.15) is 65.4 Å². The van der Waals surface area contributed by atoms with Crippen molar-refractivity contribution in [2.24, 2.45) is 0 Å². The molecule has 1 amide bonds. The largest absolute Gasteiger partial charge is 0.462 e. The highest BCUT2D eigenvalue weighted by Crippen LogP contribution is 2.37. The molecular weight excluding hydrogens is 402 g/mol. The number of esters is 1. The van der Waals surface area contributed by atoms with Gasteiger partial charge in [0.15, 0.2) is 0 Å². The number of nitrogens with one attached hydrogen (secondary N) is 1. The topological polar surface area (TPSA) is 55.4 Å². The second kappa shape index (κ2) is 10.8. The average Bonchev–Trinajstić information content (AvgIpc) is 2.99. The lowest BCUT2D eigenvalue weighted by molar-refractivity contribution is -0.115. The Morgan fingerprint density at radius 2 is 1.83 bits per heavy atom. The van der Waals surface area contributed by atoms with Gasteiger partial charge in [0.1, 0.15) is 5.00 Å². The zero-order valence-electron chi connectivity index (χ0n) is 17.2. The van der Waals surface area contributed by atoms with Crippen LogP contribution in [0, 0.1) is 6.92 Å². The molecule has 2 aromatic rings. The minimum absolute atomic E-state index is 0.0515. The van der Waals surface area contributed by atoms with Crippen molar-refractivity contribution < 1.29 is 14.3 Å². The second-order valence-electron chi connectivity index (χ2n) is 7.30. The highest BCUT2D eigenvalue weighted by molar-refractivity contribution is 7.99. The lowest BCUT2D eigenvalue weighted by atomic mass is 9.96. The van der Waals surface area contributed by atoms with Gasteiger partial charge < -0.3 is 10.1 Å². The third kappa shape index (κ3) is 6.09. The number of rotatable bonds is 7. The highest BCUT2D eigenvalue weighted by Gasteiger charge is 2.26. The Morgan fingerprint density at radius 3 is 2.55 bits per heavy atom. The maximum absolute atomic E-state index is 12.6. The van der Waals surface area contributed by atoms with Gasteiger partial charge in [-0.2, -0.15) is 0 Å². The van der Waals surface area contributed by atoms with Gasteiger partial charge in [0.25, 0.3) is 0 Å². The van der Waals surface area contributed by atoms with Crippen LogP contribution in [0.4, 0.5) is 5.00 Å². The van der Waals surface area contributed by atoms with Crippen LogP contribution in [0.15, 0.2) is 29.2 Å². The molecule has 0 saturated heterocycles. The molecule has 1 aliphatic rings. The van der Waals surface area contributed by atoms with Crippen molar-refractivity contribution in [3.63, 3.8) is 0 Å². The van der Waals surface area contributed by atoms with Crippen LogP contribution in [0.3, 0.4) is 0 Å². The van der Waals surface area contributed by atoms with Gasteiger partial charge in [-0.15, -0.1) is 23.1 Å². The van der Waals surface area contributed by atoms with Gasteiger partial charge in [0.2, 0.25) is 5.91 Å². The minimum atomic E-state index is -0.310. The van der Waals surface area contributed by atoms with Crippen LogP contribution in [-0.4, -0.2) is 24.2 Å². The molecule has 0 bridgehead atoms. The Bertz CT molecular complexity index is 843. The number of benzene rings is 1. The Labute approximate surface area is 181 Å². The number of carbonyl (C=O) groups excluding carboxylic acids is 2. The first kappa shape index (κ1) is 21.9. The molecule has 3 rings (SSSR count). The van der Waals surface area contributed by atoms with E-state index < -0.39 is 0 Å². The number of thiophene rings is 1. The molecule has 0 saturated carbocycles. The lowest BCUT2D eigenvalue weighted by Crippen LogP contribution is -2.15. The molecule has 1 aliphatic carbocycles. The van der Waals surface area contributed by atoms with E-state index in [2.05, 4.69) is 36.5 Å². The summed E-state index contributed by atoms with van der Waals surface area (Å²) in [4.78, 5) is 27.6. The third-order valence-corrected chi connectivity index (χ3v) is 7.24. The smallest absolute Gasteiger partial charge is 0.341 e. The fraction of sp³-hybridized carbons (Fsp3) is 0.478. The van der Waals surface area contributed by atoms with E-state index in [-0.39, 0.29) is 11.9 Å². The van der Waals surface area contributed by atoms with Gasteiger partial charge in [-0.05, 0) is 57.2 Å². The minimum Gasteiger partial charge on any atom is -0.462 e. The predicted octanol–water partition coefficient (Wildman–Crippen LogP) is 6.01. The van der Waals surface area contributed by atoms with Gasteiger partial charge >= 0.3 is 5.97 Å². The maximum atomic E-state index is 12.6. The van der Waals surface area contributed by atoms with Gasteiger partial charge in [-0.1, -0.05) is 30.5 Å². The number of thioether (sulfide) groups is 1. The third-order valence-electron chi connectivity index (χ3n) is 5.02. The molecule has 1 aromatic heterocycles. The molecule has 1 heterocycles. The quantitative estimate of drug-likeness (QED) is 0.431. The zero-order chi connectivity index (χ0) is 20.6. The zero-order valence-corrected chi connectivity index (χ0v) is 18.8. The number of hydrogen-bond acceptors (Lipinski definition) is 5. The number of carbonyl (C=O) groups is 2. The molecule has 6 heteroatoms.